The second-order valence-electron chi connectivity index (χ2n) is 4.22. The van der Waals surface area contributed by atoms with Crippen LogP contribution in [0.15, 0.2) is 36.4 Å². The van der Waals surface area contributed by atoms with Gasteiger partial charge >= 0.3 is 0 Å². The first-order chi connectivity index (χ1) is 8.74. The van der Waals surface area contributed by atoms with Crippen molar-refractivity contribution in [1.29, 1.82) is 0 Å². The minimum atomic E-state index is -0.515. The average Bonchev–Trinajstić information content (AvgIpc) is 2.38. The van der Waals surface area contributed by atoms with Crippen LogP contribution in [0.5, 0.6) is 5.75 Å². The van der Waals surface area contributed by atoms with Gasteiger partial charge in [0.1, 0.15) is 5.75 Å². The first kappa shape index (κ1) is 13.2. The molecule has 18 heavy (non-hydrogen) atoms. The van der Waals surface area contributed by atoms with E-state index in [4.69, 9.17) is 4.74 Å². The van der Waals surface area contributed by atoms with Gasteiger partial charge in [0, 0.05) is 16.7 Å². The van der Waals surface area contributed by atoms with Crippen LogP contribution in [0.3, 0.4) is 0 Å². The molecule has 0 saturated carbocycles. The monoisotopic (exact) mass is 262 g/mol. The molecule has 0 spiro atoms. The van der Waals surface area contributed by atoms with E-state index in [1.807, 2.05) is 30.3 Å². The summed E-state index contributed by atoms with van der Waals surface area (Å²) in [7, 11) is 0. The Morgan fingerprint density at radius 3 is 2.72 bits per heavy atom. The fraction of sp³-hybridized carbons (Fsp3) is 0.333. The molecule has 2 aromatic rings. The van der Waals surface area contributed by atoms with Crippen molar-refractivity contribution >= 4 is 22.5 Å². The van der Waals surface area contributed by atoms with E-state index < -0.39 is 6.10 Å². The van der Waals surface area contributed by atoms with Gasteiger partial charge in [-0.25, -0.2) is 0 Å². The van der Waals surface area contributed by atoms with Gasteiger partial charge in [-0.3, -0.25) is 0 Å². The van der Waals surface area contributed by atoms with Crippen molar-refractivity contribution in [1.82, 2.24) is 0 Å². The smallest absolute Gasteiger partial charge is 0.132 e. The second kappa shape index (κ2) is 6.12. The van der Waals surface area contributed by atoms with Crippen LogP contribution in [0.25, 0.3) is 10.8 Å². The number of hydrogen-bond acceptors (Lipinski definition) is 3. The summed E-state index contributed by atoms with van der Waals surface area (Å²) in [4.78, 5) is 0. The minimum absolute atomic E-state index is 0.515. The Balaban J connectivity index is 2.45. The lowest BCUT2D eigenvalue weighted by atomic mass is 10.0. The van der Waals surface area contributed by atoms with Crippen LogP contribution in [0.4, 0.5) is 0 Å². The largest absolute Gasteiger partial charge is 0.492 e. The summed E-state index contributed by atoms with van der Waals surface area (Å²) in [5.74, 6) is 1.76. The summed E-state index contributed by atoms with van der Waals surface area (Å²) in [5, 5.41) is 12.0. The first-order valence-corrected chi connectivity index (χ1v) is 7.45. The van der Waals surface area contributed by atoms with Crippen molar-refractivity contribution in [2.45, 2.75) is 13.0 Å². The standard InChI is InChI=1S/C15H18O2S/c1-11(16)13-8-7-12-5-3-4-6-14(12)15(13)17-9-10-18-2/h3-8,11,16H,9-10H2,1-2H3/t11-/m1/s1. The molecule has 0 unspecified atom stereocenters. The summed E-state index contributed by atoms with van der Waals surface area (Å²) in [6.45, 7) is 2.43. The van der Waals surface area contributed by atoms with E-state index in [1.54, 1.807) is 18.7 Å². The molecule has 1 atom stereocenters. The van der Waals surface area contributed by atoms with Gasteiger partial charge in [0.15, 0.2) is 0 Å². The molecule has 0 heterocycles. The Morgan fingerprint density at radius 1 is 1.22 bits per heavy atom. The van der Waals surface area contributed by atoms with Crippen LogP contribution in [0.2, 0.25) is 0 Å². The number of fused-ring (bicyclic) bond motifs is 1. The van der Waals surface area contributed by atoms with Crippen LogP contribution in [-0.4, -0.2) is 23.7 Å². The molecule has 1 N–H and O–H groups in total. The maximum absolute atomic E-state index is 9.84. The van der Waals surface area contributed by atoms with Gasteiger partial charge in [-0.2, -0.15) is 11.8 Å². The molecule has 0 aliphatic carbocycles. The van der Waals surface area contributed by atoms with Crippen molar-refractivity contribution in [3.05, 3.63) is 42.0 Å². The summed E-state index contributed by atoms with van der Waals surface area (Å²) in [5.41, 5.74) is 0.856. The van der Waals surface area contributed by atoms with Gasteiger partial charge < -0.3 is 9.84 Å². The lowest BCUT2D eigenvalue weighted by molar-refractivity contribution is 0.193. The molecule has 0 bridgehead atoms. The quantitative estimate of drug-likeness (QED) is 0.834. The van der Waals surface area contributed by atoms with E-state index in [0.717, 1.165) is 27.8 Å². The number of rotatable bonds is 5. The van der Waals surface area contributed by atoms with Crippen molar-refractivity contribution in [3.8, 4) is 5.75 Å². The van der Waals surface area contributed by atoms with Crippen molar-refractivity contribution in [2.75, 3.05) is 18.6 Å². The Kier molecular flexibility index (Phi) is 4.50. The summed E-state index contributed by atoms with van der Waals surface area (Å²) in [6.07, 6.45) is 1.54. The van der Waals surface area contributed by atoms with E-state index >= 15 is 0 Å². The molecule has 96 valence electrons. The van der Waals surface area contributed by atoms with Gasteiger partial charge in [-0.15, -0.1) is 0 Å². The predicted molar refractivity (Wildman–Crippen MR) is 78.5 cm³/mol. The number of hydrogen-bond donors (Lipinski definition) is 1. The van der Waals surface area contributed by atoms with Gasteiger partial charge in [-0.1, -0.05) is 36.4 Å². The number of aliphatic hydroxyl groups is 1. The van der Waals surface area contributed by atoms with Crippen LogP contribution in [0, 0.1) is 0 Å². The molecular formula is C15H18O2S. The van der Waals surface area contributed by atoms with Crippen molar-refractivity contribution < 1.29 is 9.84 Å². The van der Waals surface area contributed by atoms with Gasteiger partial charge in [0.25, 0.3) is 0 Å². The highest BCUT2D eigenvalue weighted by molar-refractivity contribution is 7.98. The topological polar surface area (TPSA) is 29.5 Å². The lowest BCUT2D eigenvalue weighted by Gasteiger charge is -2.16. The Bertz CT molecular complexity index is 523. The molecule has 0 aromatic heterocycles. The fourth-order valence-corrected chi connectivity index (χ4v) is 2.23. The Hall–Kier alpha value is -1.19. The minimum Gasteiger partial charge on any atom is -0.492 e. The molecule has 0 saturated heterocycles. The molecule has 0 aliphatic heterocycles. The Labute approximate surface area is 112 Å². The number of thioether (sulfide) groups is 1. The maximum Gasteiger partial charge on any atom is 0.132 e. The second-order valence-corrected chi connectivity index (χ2v) is 5.21. The molecule has 2 aromatic carbocycles. The molecule has 0 fully saturated rings. The van der Waals surface area contributed by atoms with E-state index in [0.29, 0.717) is 6.61 Å². The molecule has 3 heteroatoms. The van der Waals surface area contributed by atoms with E-state index in [2.05, 4.69) is 12.3 Å². The third-order valence-electron chi connectivity index (χ3n) is 2.89. The average molecular weight is 262 g/mol. The van der Waals surface area contributed by atoms with Crippen LogP contribution in [-0.2, 0) is 0 Å². The number of benzene rings is 2. The summed E-state index contributed by atoms with van der Waals surface area (Å²) >= 11 is 1.75. The highest BCUT2D eigenvalue weighted by atomic mass is 32.2. The molecule has 2 nitrogen and oxygen atoms in total. The van der Waals surface area contributed by atoms with Gasteiger partial charge in [0.2, 0.25) is 0 Å². The van der Waals surface area contributed by atoms with Crippen LogP contribution >= 0.6 is 11.8 Å². The van der Waals surface area contributed by atoms with Crippen molar-refractivity contribution in [3.63, 3.8) is 0 Å². The maximum atomic E-state index is 9.84. The Morgan fingerprint density at radius 2 is 2.00 bits per heavy atom. The zero-order valence-corrected chi connectivity index (χ0v) is 11.5. The predicted octanol–water partition coefficient (Wildman–Crippen LogP) is 3.63. The van der Waals surface area contributed by atoms with E-state index in [-0.39, 0.29) is 0 Å². The molecular weight excluding hydrogens is 244 g/mol. The van der Waals surface area contributed by atoms with Crippen LogP contribution < -0.4 is 4.74 Å². The van der Waals surface area contributed by atoms with Gasteiger partial charge in [-0.05, 0) is 18.6 Å². The summed E-state index contributed by atoms with van der Waals surface area (Å²) in [6, 6.07) is 12.1. The highest BCUT2D eigenvalue weighted by Crippen LogP contribution is 2.33. The number of aliphatic hydroxyl groups excluding tert-OH is 1. The van der Waals surface area contributed by atoms with E-state index in [9.17, 15) is 5.11 Å². The third kappa shape index (κ3) is 2.79. The first-order valence-electron chi connectivity index (χ1n) is 6.05. The highest BCUT2D eigenvalue weighted by Gasteiger charge is 2.12. The zero-order valence-electron chi connectivity index (χ0n) is 10.7. The lowest BCUT2D eigenvalue weighted by Crippen LogP contribution is -2.04. The molecule has 0 amide bonds. The summed E-state index contributed by atoms with van der Waals surface area (Å²) < 4.78 is 5.87. The molecule has 0 aliphatic rings. The molecule has 0 radical (unpaired) electrons. The number of ether oxygens (including phenoxy) is 1. The fourth-order valence-electron chi connectivity index (χ4n) is 1.98. The van der Waals surface area contributed by atoms with Gasteiger partial charge in [0.05, 0.1) is 12.7 Å². The molecule has 2 rings (SSSR count). The van der Waals surface area contributed by atoms with E-state index in [1.165, 1.54) is 0 Å². The van der Waals surface area contributed by atoms with Crippen molar-refractivity contribution in [2.24, 2.45) is 0 Å². The zero-order chi connectivity index (χ0) is 13.0. The van der Waals surface area contributed by atoms with Crippen LogP contribution in [0.1, 0.15) is 18.6 Å². The normalized spacial score (nSPS) is 12.6. The SMILES string of the molecule is CSCCOc1c([C@@H](C)O)ccc2ccccc12. The third-order valence-corrected chi connectivity index (χ3v) is 3.47.